The molecule has 9 unspecified atom stereocenters. The van der Waals surface area contributed by atoms with Gasteiger partial charge in [-0.1, -0.05) is 149 Å². The second-order valence-electron chi connectivity index (χ2n) is 20.7. The molecule has 1 heterocycles. The van der Waals surface area contributed by atoms with Crippen LogP contribution in [0.5, 0.6) is 0 Å². The minimum absolute atomic E-state index is 0.146. The van der Waals surface area contributed by atoms with Gasteiger partial charge in [0.15, 0.2) is 6.29 Å². The molecule has 14 atom stereocenters. The molecule has 3 N–H and O–H groups in total. The number of carbonyl (C=O) groups is 1. The summed E-state index contributed by atoms with van der Waals surface area (Å²) in [6.07, 6.45) is 28.1. The predicted molar refractivity (Wildman–Crippen MR) is 235 cm³/mol. The molecule has 0 aromatic heterocycles. The van der Waals surface area contributed by atoms with Crippen LogP contribution in [0.15, 0.2) is 23.8 Å². The highest BCUT2D eigenvalue weighted by Crippen LogP contribution is 2.67. The number of carbonyl (C=O) groups excluding carboxylic acids is 1. The van der Waals surface area contributed by atoms with Crippen LogP contribution in [0.1, 0.15) is 196 Å². The lowest BCUT2D eigenvalue weighted by Gasteiger charge is -2.58. The lowest BCUT2D eigenvalue weighted by molar-refractivity contribution is -0.313. The number of hydrogen-bond acceptors (Lipinski definition) is 7. The van der Waals surface area contributed by atoms with Crippen LogP contribution in [-0.4, -0.2) is 64.7 Å². The van der Waals surface area contributed by atoms with Crippen LogP contribution < -0.4 is 0 Å². The largest absolute Gasteiger partial charge is 0.463 e. The van der Waals surface area contributed by atoms with Crippen molar-refractivity contribution in [2.75, 3.05) is 6.61 Å². The van der Waals surface area contributed by atoms with Gasteiger partial charge in [-0.2, -0.15) is 0 Å². The first kappa shape index (κ1) is 47.8. The highest BCUT2D eigenvalue weighted by Gasteiger charge is 2.59. The van der Waals surface area contributed by atoms with Crippen LogP contribution in [0.4, 0.5) is 0 Å². The Labute approximate surface area is 354 Å². The van der Waals surface area contributed by atoms with Gasteiger partial charge >= 0.3 is 5.97 Å². The molecule has 5 aliphatic rings. The number of unbranched alkanes of at least 4 members (excludes halogenated alkanes) is 12. The summed E-state index contributed by atoms with van der Waals surface area (Å²) in [6, 6.07) is 0. The molecule has 7 heteroatoms. The molecule has 0 radical (unpaired) electrons. The van der Waals surface area contributed by atoms with Gasteiger partial charge < -0.3 is 29.5 Å². The Bertz CT molecular complexity index is 1300. The predicted octanol–water partition coefficient (Wildman–Crippen LogP) is 11.7. The van der Waals surface area contributed by atoms with Gasteiger partial charge in [-0.15, -0.1) is 0 Å². The van der Waals surface area contributed by atoms with Crippen molar-refractivity contribution in [2.45, 2.75) is 233 Å². The van der Waals surface area contributed by atoms with Gasteiger partial charge in [0.2, 0.25) is 0 Å². The molecule has 4 fully saturated rings. The number of allylic oxidation sites excluding steroid dienone is 3. The van der Waals surface area contributed by atoms with E-state index in [4.69, 9.17) is 14.2 Å². The van der Waals surface area contributed by atoms with E-state index in [1.54, 1.807) is 0 Å². The highest BCUT2D eigenvalue weighted by atomic mass is 16.7. The molecule has 0 aromatic carbocycles. The molecule has 0 bridgehead atoms. The number of hydrogen-bond donors (Lipinski definition) is 3. The van der Waals surface area contributed by atoms with Gasteiger partial charge in [-0.25, -0.2) is 0 Å². The van der Waals surface area contributed by atoms with Gasteiger partial charge in [0, 0.05) is 6.42 Å². The maximum atomic E-state index is 12.6. The molecule has 1 aliphatic heterocycles. The Kier molecular flexibility index (Phi) is 18.7. The van der Waals surface area contributed by atoms with Crippen LogP contribution in [0, 0.1) is 52.3 Å². The fourth-order valence-corrected chi connectivity index (χ4v) is 12.8. The first-order valence-electron chi connectivity index (χ1n) is 24.7. The molecule has 0 amide bonds. The van der Waals surface area contributed by atoms with E-state index >= 15 is 0 Å². The third kappa shape index (κ3) is 11.8. The second-order valence-corrected chi connectivity index (χ2v) is 20.7. The average molecular weight is 813 g/mol. The van der Waals surface area contributed by atoms with Crippen LogP contribution in [0.2, 0.25) is 0 Å². The highest BCUT2D eigenvalue weighted by molar-refractivity contribution is 5.69. The van der Waals surface area contributed by atoms with Crippen LogP contribution in [0.3, 0.4) is 0 Å². The van der Waals surface area contributed by atoms with E-state index in [1.165, 1.54) is 102 Å². The van der Waals surface area contributed by atoms with E-state index in [0.29, 0.717) is 35.5 Å². The quantitative estimate of drug-likeness (QED) is 0.0536. The number of rotatable bonds is 23. The first-order chi connectivity index (χ1) is 27.8. The topological polar surface area (TPSA) is 105 Å². The average Bonchev–Trinajstić information content (AvgIpc) is 3.56. The van der Waals surface area contributed by atoms with Gasteiger partial charge in [0.25, 0.3) is 0 Å². The molecule has 0 spiro atoms. The maximum absolute atomic E-state index is 12.6. The van der Waals surface area contributed by atoms with E-state index in [-0.39, 0.29) is 24.1 Å². The van der Waals surface area contributed by atoms with Crippen molar-refractivity contribution >= 4 is 5.97 Å². The molecular formula is C51H88O7. The standard InChI is InChI=1S/C51H88O7/c1-8-10-11-12-13-14-15-16-17-18-19-20-21-22-45(52)56-34-44-46(53)47(54)48(55)49(58-44)57-39-29-31-50(6)38(33-39)25-26-40-42-28-27-41(51(42,7)32-30-43(40)50)36(5)23-24-37(9-2)35(3)4/h23-25,35-37,39-44,46-49,53-55H,8-22,26-34H2,1-7H3/b24-23+/t36?,37?,39?,40?,41?,42?,43?,44-,46-,47+,48-,49-,50?,51?/m1/s1. The number of esters is 1. The summed E-state index contributed by atoms with van der Waals surface area (Å²) in [5.74, 6) is 4.62. The van der Waals surface area contributed by atoms with Crippen molar-refractivity contribution in [1.82, 2.24) is 0 Å². The molecule has 7 nitrogen and oxygen atoms in total. The number of aliphatic hydroxyl groups is 3. The Balaban J connectivity index is 1.05. The molecule has 5 rings (SSSR count). The van der Waals surface area contributed by atoms with Crippen LogP contribution in [-0.2, 0) is 19.0 Å². The number of aliphatic hydroxyl groups excluding tert-OH is 3. The summed E-state index contributed by atoms with van der Waals surface area (Å²) in [4.78, 5) is 12.6. The smallest absolute Gasteiger partial charge is 0.305 e. The minimum atomic E-state index is -1.44. The van der Waals surface area contributed by atoms with Crippen molar-refractivity contribution < 1.29 is 34.3 Å². The second kappa shape index (κ2) is 22.7. The van der Waals surface area contributed by atoms with E-state index in [2.05, 4.69) is 66.7 Å². The maximum Gasteiger partial charge on any atom is 0.305 e. The van der Waals surface area contributed by atoms with Crippen LogP contribution >= 0.6 is 0 Å². The van der Waals surface area contributed by atoms with E-state index < -0.39 is 30.7 Å². The molecule has 3 saturated carbocycles. The first-order valence-corrected chi connectivity index (χ1v) is 24.7. The zero-order chi connectivity index (χ0) is 41.9. The molecule has 0 aromatic rings. The van der Waals surface area contributed by atoms with Gasteiger partial charge in [0.1, 0.15) is 31.0 Å². The molecular weight excluding hydrogens is 725 g/mol. The van der Waals surface area contributed by atoms with E-state index in [0.717, 1.165) is 62.7 Å². The third-order valence-corrected chi connectivity index (χ3v) is 16.6. The normalized spacial score (nSPS) is 37.3. The van der Waals surface area contributed by atoms with Gasteiger partial charge in [0.05, 0.1) is 6.10 Å². The Morgan fingerprint density at radius 2 is 1.47 bits per heavy atom. The van der Waals surface area contributed by atoms with Crippen molar-refractivity contribution in [3.05, 3.63) is 23.8 Å². The van der Waals surface area contributed by atoms with Crippen LogP contribution in [0.25, 0.3) is 0 Å². The summed E-state index contributed by atoms with van der Waals surface area (Å²) in [7, 11) is 0. The van der Waals surface area contributed by atoms with Crippen molar-refractivity contribution in [2.24, 2.45) is 52.3 Å². The summed E-state index contributed by atoms with van der Waals surface area (Å²) < 4.78 is 18.0. The zero-order valence-electron chi connectivity index (χ0n) is 38.2. The summed E-state index contributed by atoms with van der Waals surface area (Å²) >= 11 is 0. The molecule has 4 aliphatic carbocycles. The van der Waals surface area contributed by atoms with Gasteiger partial charge in [-0.05, 0) is 116 Å². The Hall–Kier alpha value is -1.25. The number of ether oxygens (including phenoxy) is 3. The van der Waals surface area contributed by atoms with Gasteiger partial charge in [-0.3, -0.25) is 4.79 Å². The molecule has 1 saturated heterocycles. The lowest BCUT2D eigenvalue weighted by Crippen LogP contribution is -2.60. The summed E-state index contributed by atoms with van der Waals surface area (Å²) in [5.41, 5.74) is 2.05. The Morgan fingerprint density at radius 1 is 0.810 bits per heavy atom. The van der Waals surface area contributed by atoms with E-state index in [1.807, 2.05) is 0 Å². The van der Waals surface area contributed by atoms with Crippen molar-refractivity contribution in [3.8, 4) is 0 Å². The Morgan fingerprint density at radius 3 is 2.10 bits per heavy atom. The summed E-state index contributed by atoms with van der Waals surface area (Å²) in [6.45, 7) is 16.7. The monoisotopic (exact) mass is 813 g/mol. The van der Waals surface area contributed by atoms with Crippen molar-refractivity contribution in [1.29, 1.82) is 0 Å². The fraction of sp³-hybridized carbons (Fsp3) is 0.902. The zero-order valence-corrected chi connectivity index (χ0v) is 38.2. The third-order valence-electron chi connectivity index (χ3n) is 16.6. The van der Waals surface area contributed by atoms with Crippen molar-refractivity contribution in [3.63, 3.8) is 0 Å². The minimum Gasteiger partial charge on any atom is -0.463 e. The SMILES string of the molecule is CCCCCCCCCCCCCCCC(=O)OC[C@H]1O[C@@H](OC2CCC3(C)C(=CCC4C3CCC3(C)C(C(C)/C=C/C(CC)C(C)C)CCC43)C2)[C@H](O)[C@@H](O)[C@@H]1O. The lowest BCUT2D eigenvalue weighted by atomic mass is 9.47. The molecule has 58 heavy (non-hydrogen) atoms. The number of fused-ring (bicyclic) bond motifs is 5. The molecule has 334 valence electrons. The summed E-state index contributed by atoms with van der Waals surface area (Å²) in [5, 5.41) is 32.5. The van der Waals surface area contributed by atoms with E-state index in [9.17, 15) is 20.1 Å². The fourth-order valence-electron chi connectivity index (χ4n) is 12.8.